The van der Waals surface area contributed by atoms with Crippen LogP contribution in [0.25, 0.3) is 0 Å². The molecule has 0 bridgehead atoms. The summed E-state index contributed by atoms with van der Waals surface area (Å²) in [7, 11) is 1.61. The van der Waals surface area contributed by atoms with Gasteiger partial charge in [0, 0.05) is 6.54 Å². The number of nitrogens with zero attached hydrogens (tertiary/aromatic N) is 2. The molecule has 0 fully saturated rings. The van der Waals surface area contributed by atoms with Crippen molar-refractivity contribution in [2.45, 2.75) is 6.92 Å². The van der Waals surface area contributed by atoms with E-state index in [1.807, 2.05) is 19.1 Å². The van der Waals surface area contributed by atoms with E-state index in [2.05, 4.69) is 63.1 Å². The lowest BCUT2D eigenvalue weighted by Crippen LogP contribution is -2.03. The van der Waals surface area contributed by atoms with Crippen LogP contribution in [0.15, 0.2) is 31.7 Å². The molecule has 1 heterocycles. The summed E-state index contributed by atoms with van der Waals surface area (Å²) in [6.45, 7) is 2.71. The van der Waals surface area contributed by atoms with Crippen LogP contribution in [0, 0.1) is 0 Å². The lowest BCUT2D eigenvalue weighted by Gasteiger charge is -2.12. The van der Waals surface area contributed by atoms with Gasteiger partial charge in [0.2, 0.25) is 11.8 Å². The molecule has 1 aromatic carbocycles. The van der Waals surface area contributed by atoms with Gasteiger partial charge in [0.05, 0.1) is 26.7 Å². The minimum atomic E-state index is 0.429. The van der Waals surface area contributed by atoms with Crippen molar-refractivity contribution in [1.82, 2.24) is 9.97 Å². The molecule has 0 aliphatic carbocycles. The van der Waals surface area contributed by atoms with Gasteiger partial charge >= 0.3 is 0 Å². The molecule has 21 heavy (non-hydrogen) atoms. The average molecular weight is 482 g/mol. The van der Waals surface area contributed by atoms with Crippen molar-refractivity contribution in [1.29, 1.82) is 0 Å². The van der Waals surface area contributed by atoms with Gasteiger partial charge in [0.15, 0.2) is 0 Å². The van der Waals surface area contributed by atoms with E-state index in [9.17, 15) is 0 Å². The van der Waals surface area contributed by atoms with Crippen LogP contribution in [0.4, 0.5) is 5.95 Å². The summed E-state index contributed by atoms with van der Waals surface area (Å²) in [4.78, 5) is 8.46. The second-order valence-electron chi connectivity index (χ2n) is 3.90. The van der Waals surface area contributed by atoms with Crippen LogP contribution < -0.4 is 14.8 Å². The molecule has 8 heteroatoms. The van der Waals surface area contributed by atoms with Crippen molar-refractivity contribution in [3.8, 4) is 17.4 Å². The average Bonchev–Trinajstić information content (AvgIpc) is 2.46. The summed E-state index contributed by atoms with van der Waals surface area (Å²) in [6.07, 6.45) is 1.65. The third kappa shape index (κ3) is 4.08. The van der Waals surface area contributed by atoms with Gasteiger partial charge in [-0.2, -0.15) is 4.98 Å². The minimum Gasteiger partial charge on any atom is -0.496 e. The molecule has 112 valence electrons. The minimum absolute atomic E-state index is 0.429. The van der Waals surface area contributed by atoms with Crippen LogP contribution in [0.5, 0.6) is 17.4 Å². The summed E-state index contributed by atoms with van der Waals surface area (Å²) in [5, 5.41) is 3.04. The monoisotopic (exact) mass is 479 g/mol. The number of ether oxygens (including phenoxy) is 2. The molecule has 0 saturated heterocycles. The van der Waals surface area contributed by atoms with Crippen LogP contribution in [-0.2, 0) is 0 Å². The quantitative estimate of drug-likeness (QED) is 0.651. The highest BCUT2D eigenvalue weighted by Gasteiger charge is 2.12. The molecule has 0 saturated carbocycles. The number of halogens is 3. The Hall–Kier alpha value is -0.860. The zero-order valence-electron chi connectivity index (χ0n) is 11.3. The number of nitrogens with one attached hydrogen (secondary N) is 1. The summed E-state index contributed by atoms with van der Waals surface area (Å²) < 4.78 is 13.3. The lowest BCUT2D eigenvalue weighted by atomic mass is 10.3. The zero-order valence-corrected chi connectivity index (χ0v) is 16.0. The summed E-state index contributed by atoms with van der Waals surface area (Å²) in [6, 6.07) is 3.63. The molecule has 0 aliphatic heterocycles. The zero-order chi connectivity index (χ0) is 15.4. The Morgan fingerprint density at radius 1 is 1.10 bits per heavy atom. The summed E-state index contributed by atoms with van der Waals surface area (Å²) in [5.41, 5.74) is 0. The summed E-state index contributed by atoms with van der Waals surface area (Å²) >= 11 is 10.3. The second kappa shape index (κ2) is 7.42. The van der Waals surface area contributed by atoms with Crippen LogP contribution in [-0.4, -0.2) is 23.6 Å². The molecule has 0 radical (unpaired) electrons. The first-order chi connectivity index (χ1) is 10.0. The van der Waals surface area contributed by atoms with Gasteiger partial charge in [0.1, 0.15) is 11.5 Å². The maximum atomic E-state index is 5.84. The van der Waals surface area contributed by atoms with Crippen molar-refractivity contribution in [2.24, 2.45) is 0 Å². The number of benzene rings is 1. The van der Waals surface area contributed by atoms with Gasteiger partial charge in [-0.1, -0.05) is 0 Å². The molecule has 2 rings (SSSR count). The topological polar surface area (TPSA) is 56.3 Å². The van der Waals surface area contributed by atoms with Crippen molar-refractivity contribution >= 4 is 53.7 Å². The van der Waals surface area contributed by atoms with E-state index in [0.29, 0.717) is 27.8 Å². The van der Waals surface area contributed by atoms with E-state index in [0.717, 1.165) is 15.5 Å². The van der Waals surface area contributed by atoms with Crippen molar-refractivity contribution in [3.05, 3.63) is 31.7 Å². The van der Waals surface area contributed by atoms with Crippen molar-refractivity contribution < 1.29 is 9.47 Å². The largest absolute Gasteiger partial charge is 0.496 e. The Labute approximate surface area is 147 Å². The van der Waals surface area contributed by atoms with E-state index in [-0.39, 0.29) is 0 Å². The number of aromatic nitrogens is 2. The Kier molecular flexibility index (Phi) is 5.83. The second-order valence-corrected chi connectivity index (χ2v) is 6.46. The van der Waals surface area contributed by atoms with E-state index < -0.39 is 0 Å². The molecule has 0 atom stereocenters. The maximum absolute atomic E-state index is 5.84. The Balaban J connectivity index is 2.33. The Morgan fingerprint density at radius 3 is 2.43 bits per heavy atom. The highest BCUT2D eigenvalue weighted by Crippen LogP contribution is 2.39. The fourth-order valence-corrected chi connectivity index (χ4v) is 2.68. The molecule has 0 amide bonds. The molecule has 0 unspecified atom stereocenters. The van der Waals surface area contributed by atoms with Gasteiger partial charge in [-0.3, -0.25) is 0 Å². The molecule has 5 nitrogen and oxygen atoms in total. The first kappa shape index (κ1) is 16.5. The number of hydrogen-bond acceptors (Lipinski definition) is 5. The van der Waals surface area contributed by atoms with Crippen LogP contribution in [0.2, 0.25) is 0 Å². The highest BCUT2D eigenvalue weighted by molar-refractivity contribution is 9.11. The van der Waals surface area contributed by atoms with Crippen molar-refractivity contribution in [2.75, 3.05) is 19.0 Å². The Bertz CT molecular complexity index is 653. The fourth-order valence-electron chi connectivity index (χ4n) is 1.52. The van der Waals surface area contributed by atoms with E-state index >= 15 is 0 Å². The molecular formula is C13H12Br3N3O2. The van der Waals surface area contributed by atoms with Crippen LogP contribution in [0.1, 0.15) is 6.92 Å². The first-order valence-electron chi connectivity index (χ1n) is 6.02. The normalized spacial score (nSPS) is 10.3. The SMILES string of the molecule is CCNc1ncc(Br)c(Oc2cc(Br)c(OC)cc2Br)n1. The molecule has 0 aliphatic rings. The van der Waals surface area contributed by atoms with Crippen LogP contribution >= 0.6 is 47.8 Å². The maximum Gasteiger partial charge on any atom is 0.238 e. The Morgan fingerprint density at radius 2 is 1.76 bits per heavy atom. The van der Waals surface area contributed by atoms with Gasteiger partial charge in [-0.05, 0) is 66.8 Å². The third-order valence-electron chi connectivity index (χ3n) is 2.46. The molecule has 1 N–H and O–H groups in total. The van der Waals surface area contributed by atoms with Gasteiger partial charge in [-0.15, -0.1) is 0 Å². The highest BCUT2D eigenvalue weighted by atomic mass is 79.9. The molecular weight excluding hydrogens is 470 g/mol. The molecule has 1 aromatic heterocycles. The third-order valence-corrected chi connectivity index (χ3v) is 4.24. The lowest BCUT2D eigenvalue weighted by molar-refractivity contribution is 0.408. The van der Waals surface area contributed by atoms with E-state index in [4.69, 9.17) is 9.47 Å². The predicted octanol–water partition coefficient (Wildman–Crippen LogP) is 5.00. The standard InChI is InChI=1S/C13H12Br3N3O2/c1-3-17-13-18-6-9(16)12(19-13)21-11-5-7(14)10(20-2)4-8(11)15/h4-6H,3H2,1-2H3,(H,17,18,19). The summed E-state index contributed by atoms with van der Waals surface area (Å²) in [5.74, 6) is 2.27. The fraction of sp³-hybridized carbons (Fsp3) is 0.231. The molecule has 2 aromatic rings. The smallest absolute Gasteiger partial charge is 0.238 e. The molecule has 0 spiro atoms. The van der Waals surface area contributed by atoms with Gasteiger partial charge in [-0.25, -0.2) is 4.98 Å². The number of hydrogen-bond donors (Lipinski definition) is 1. The van der Waals surface area contributed by atoms with Gasteiger partial charge in [0.25, 0.3) is 0 Å². The number of rotatable bonds is 5. The predicted molar refractivity (Wildman–Crippen MR) is 92.4 cm³/mol. The van der Waals surface area contributed by atoms with E-state index in [1.165, 1.54) is 0 Å². The van der Waals surface area contributed by atoms with E-state index in [1.54, 1.807) is 13.3 Å². The van der Waals surface area contributed by atoms with Crippen molar-refractivity contribution in [3.63, 3.8) is 0 Å². The van der Waals surface area contributed by atoms with Crippen LogP contribution in [0.3, 0.4) is 0 Å². The number of anilines is 1. The number of methoxy groups -OCH3 is 1. The van der Waals surface area contributed by atoms with Gasteiger partial charge < -0.3 is 14.8 Å². The first-order valence-corrected chi connectivity index (χ1v) is 8.40.